The highest BCUT2D eigenvalue weighted by Crippen LogP contribution is 2.24. The summed E-state index contributed by atoms with van der Waals surface area (Å²) in [6.07, 6.45) is -0.0553. The Hall–Kier alpha value is -2.44. The van der Waals surface area contributed by atoms with Gasteiger partial charge in [-0.05, 0) is 29.7 Å². The minimum Gasteiger partial charge on any atom is -0.445 e. The number of aliphatic hydroxyl groups excluding tert-OH is 1. The van der Waals surface area contributed by atoms with Crippen LogP contribution in [0.4, 0.5) is 9.18 Å². The Kier molecular flexibility index (Phi) is 6.42. The maximum Gasteiger partial charge on any atom is 0.410 e. The Morgan fingerprint density at radius 2 is 1.96 bits per heavy atom. The lowest BCUT2D eigenvalue weighted by Crippen LogP contribution is -2.39. The number of ether oxygens (including phenoxy) is 1. The topological polar surface area (TPSA) is 53.0 Å². The third-order valence-electron chi connectivity index (χ3n) is 4.89. The third-order valence-corrected chi connectivity index (χ3v) is 4.89. The molecule has 0 aromatic heterocycles. The summed E-state index contributed by atoms with van der Waals surface area (Å²) in [5.41, 5.74) is 1.75. The van der Waals surface area contributed by atoms with E-state index in [-0.39, 0.29) is 24.6 Å². The number of aliphatic hydroxyl groups is 1. The standard InChI is InChI=1S/C21H25FN2O3/c1-23(21(26)27-15-16-5-3-2-4-6-16)20(14-24-12-11-19(25)13-24)17-7-9-18(22)10-8-17/h2-10,19-20,25H,11-15H2,1H3. The summed E-state index contributed by atoms with van der Waals surface area (Å²) in [5, 5.41) is 9.78. The van der Waals surface area contributed by atoms with E-state index in [4.69, 9.17) is 4.74 Å². The minimum atomic E-state index is -0.437. The first-order valence-electron chi connectivity index (χ1n) is 9.12. The summed E-state index contributed by atoms with van der Waals surface area (Å²) in [6.45, 7) is 2.10. The number of nitrogens with zero attached hydrogens (tertiary/aromatic N) is 2. The summed E-state index contributed by atoms with van der Waals surface area (Å²) in [5.74, 6) is -0.316. The summed E-state index contributed by atoms with van der Waals surface area (Å²) in [4.78, 5) is 16.3. The summed E-state index contributed by atoms with van der Waals surface area (Å²) >= 11 is 0. The molecule has 6 heteroatoms. The second-order valence-electron chi connectivity index (χ2n) is 6.92. The molecular weight excluding hydrogens is 347 g/mol. The number of likely N-dealkylation sites (tertiary alicyclic amines) is 1. The van der Waals surface area contributed by atoms with E-state index in [0.29, 0.717) is 13.1 Å². The molecule has 144 valence electrons. The highest BCUT2D eigenvalue weighted by molar-refractivity contribution is 5.68. The fourth-order valence-electron chi connectivity index (χ4n) is 3.31. The molecule has 27 heavy (non-hydrogen) atoms. The monoisotopic (exact) mass is 372 g/mol. The second-order valence-corrected chi connectivity index (χ2v) is 6.92. The lowest BCUT2D eigenvalue weighted by atomic mass is 10.1. The number of amides is 1. The molecule has 0 bridgehead atoms. The van der Waals surface area contributed by atoms with E-state index in [0.717, 1.165) is 24.1 Å². The number of carbonyl (C=O) groups is 1. The predicted octanol–water partition coefficient (Wildman–Crippen LogP) is 3.20. The molecule has 1 amide bonds. The highest BCUT2D eigenvalue weighted by Gasteiger charge is 2.28. The highest BCUT2D eigenvalue weighted by atomic mass is 19.1. The molecular formula is C21H25FN2O3. The third kappa shape index (κ3) is 5.28. The maximum atomic E-state index is 13.3. The molecule has 1 N–H and O–H groups in total. The first-order chi connectivity index (χ1) is 13.0. The Bertz CT molecular complexity index is 739. The Morgan fingerprint density at radius 3 is 2.59 bits per heavy atom. The van der Waals surface area contributed by atoms with Gasteiger partial charge in [-0.1, -0.05) is 42.5 Å². The molecule has 2 unspecified atom stereocenters. The minimum absolute atomic E-state index is 0.197. The van der Waals surface area contributed by atoms with Crippen molar-refractivity contribution in [3.8, 4) is 0 Å². The zero-order chi connectivity index (χ0) is 19.2. The van der Waals surface area contributed by atoms with Crippen molar-refractivity contribution in [1.29, 1.82) is 0 Å². The summed E-state index contributed by atoms with van der Waals surface area (Å²) in [6, 6.07) is 15.4. The molecule has 1 fully saturated rings. The largest absolute Gasteiger partial charge is 0.445 e. The predicted molar refractivity (Wildman–Crippen MR) is 101 cm³/mol. The van der Waals surface area contributed by atoms with Crippen molar-refractivity contribution in [1.82, 2.24) is 9.80 Å². The van der Waals surface area contributed by atoms with Gasteiger partial charge in [-0.15, -0.1) is 0 Å². The summed E-state index contributed by atoms with van der Waals surface area (Å²) in [7, 11) is 1.69. The molecule has 1 aliphatic heterocycles. The number of carbonyl (C=O) groups excluding carboxylic acids is 1. The number of rotatable bonds is 6. The van der Waals surface area contributed by atoms with Crippen LogP contribution in [0.15, 0.2) is 54.6 Å². The zero-order valence-corrected chi connectivity index (χ0v) is 15.4. The molecule has 0 spiro atoms. The van der Waals surface area contributed by atoms with Crippen LogP contribution in [0.3, 0.4) is 0 Å². The van der Waals surface area contributed by atoms with E-state index in [1.165, 1.54) is 12.1 Å². The molecule has 1 aliphatic rings. The molecule has 5 nitrogen and oxygen atoms in total. The van der Waals surface area contributed by atoms with E-state index < -0.39 is 6.09 Å². The lowest BCUT2D eigenvalue weighted by Gasteiger charge is -2.31. The molecule has 1 heterocycles. The number of likely N-dealkylation sites (N-methyl/N-ethyl adjacent to an activating group) is 1. The van der Waals surface area contributed by atoms with E-state index >= 15 is 0 Å². The average Bonchev–Trinajstić information content (AvgIpc) is 3.10. The first kappa shape index (κ1) is 19.3. The van der Waals surface area contributed by atoms with Crippen molar-refractivity contribution in [2.24, 2.45) is 0 Å². The Labute approximate surface area is 159 Å². The van der Waals surface area contributed by atoms with Crippen LogP contribution in [-0.2, 0) is 11.3 Å². The molecule has 2 aromatic rings. The molecule has 0 aliphatic carbocycles. The SMILES string of the molecule is CN(C(=O)OCc1ccccc1)C(CN1CCC(O)C1)c1ccc(F)cc1. The van der Waals surface area contributed by atoms with E-state index in [2.05, 4.69) is 4.90 Å². The van der Waals surface area contributed by atoms with Crippen molar-refractivity contribution >= 4 is 6.09 Å². The van der Waals surface area contributed by atoms with Gasteiger partial charge in [0.05, 0.1) is 12.1 Å². The molecule has 3 rings (SSSR count). The van der Waals surface area contributed by atoms with Crippen molar-refractivity contribution in [2.75, 3.05) is 26.7 Å². The average molecular weight is 372 g/mol. The van der Waals surface area contributed by atoms with Gasteiger partial charge in [0.2, 0.25) is 0 Å². The van der Waals surface area contributed by atoms with E-state index in [9.17, 15) is 14.3 Å². The van der Waals surface area contributed by atoms with Crippen LogP contribution in [0.5, 0.6) is 0 Å². The molecule has 0 radical (unpaired) electrons. The van der Waals surface area contributed by atoms with Crippen LogP contribution in [0.1, 0.15) is 23.6 Å². The normalized spacial score (nSPS) is 18.3. The fraction of sp³-hybridized carbons (Fsp3) is 0.381. The van der Waals surface area contributed by atoms with Gasteiger partial charge in [-0.3, -0.25) is 4.90 Å². The number of benzene rings is 2. The number of hydrogen-bond donors (Lipinski definition) is 1. The molecule has 2 atom stereocenters. The van der Waals surface area contributed by atoms with Crippen LogP contribution in [0.25, 0.3) is 0 Å². The molecule has 0 saturated carbocycles. The van der Waals surface area contributed by atoms with Gasteiger partial charge in [-0.25, -0.2) is 9.18 Å². The molecule has 2 aromatic carbocycles. The number of halogens is 1. The van der Waals surface area contributed by atoms with Crippen LogP contribution in [0.2, 0.25) is 0 Å². The van der Waals surface area contributed by atoms with Crippen LogP contribution in [-0.4, -0.2) is 53.8 Å². The van der Waals surface area contributed by atoms with Crippen LogP contribution >= 0.6 is 0 Å². The lowest BCUT2D eigenvalue weighted by molar-refractivity contribution is 0.0817. The fourth-order valence-corrected chi connectivity index (χ4v) is 3.31. The van der Waals surface area contributed by atoms with Crippen molar-refractivity contribution < 1.29 is 19.0 Å². The van der Waals surface area contributed by atoms with Gasteiger partial charge in [-0.2, -0.15) is 0 Å². The van der Waals surface area contributed by atoms with Gasteiger partial charge in [0.15, 0.2) is 0 Å². The Balaban J connectivity index is 1.70. The van der Waals surface area contributed by atoms with E-state index in [1.54, 1.807) is 24.1 Å². The van der Waals surface area contributed by atoms with Gasteiger partial charge in [0.25, 0.3) is 0 Å². The van der Waals surface area contributed by atoms with Crippen LogP contribution < -0.4 is 0 Å². The van der Waals surface area contributed by atoms with Gasteiger partial charge in [0, 0.05) is 26.7 Å². The quantitative estimate of drug-likeness (QED) is 0.846. The smallest absolute Gasteiger partial charge is 0.410 e. The van der Waals surface area contributed by atoms with E-state index in [1.807, 2.05) is 30.3 Å². The maximum absolute atomic E-state index is 13.3. The second kappa shape index (κ2) is 8.97. The summed E-state index contributed by atoms with van der Waals surface area (Å²) < 4.78 is 18.8. The van der Waals surface area contributed by atoms with Gasteiger partial charge in [0.1, 0.15) is 12.4 Å². The zero-order valence-electron chi connectivity index (χ0n) is 15.4. The van der Waals surface area contributed by atoms with Crippen molar-refractivity contribution in [2.45, 2.75) is 25.2 Å². The molecule has 1 saturated heterocycles. The first-order valence-corrected chi connectivity index (χ1v) is 9.12. The number of β-amino-alcohol motifs (C(OH)–C–C–N with tert-alkyl or cyclic N) is 1. The number of hydrogen-bond acceptors (Lipinski definition) is 4. The van der Waals surface area contributed by atoms with Crippen LogP contribution in [0, 0.1) is 5.82 Å². The van der Waals surface area contributed by atoms with Gasteiger partial charge >= 0.3 is 6.09 Å². The van der Waals surface area contributed by atoms with Gasteiger partial charge < -0.3 is 14.7 Å². The van der Waals surface area contributed by atoms with Crippen molar-refractivity contribution in [3.63, 3.8) is 0 Å². The Morgan fingerprint density at radius 1 is 1.26 bits per heavy atom. The van der Waals surface area contributed by atoms with Crippen molar-refractivity contribution in [3.05, 3.63) is 71.5 Å².